The van der Waals surface area contributed by atoms with Gasteiger partial charge in [-0.1, -0.05) is 49.4 Å². The molecule has 176 valence electrons. The summed E-state index contributed by atoms with van der Waals surface area (Å²) in [5, 5.41) is 14.5. The largest absolute Gasteiger partial charge is 0.459 e. The lowest BCUT2D eigenvalue weighted by molar-refractivity contribution is -0.384. The predicted octanol–water partition coefficient (Wildman–Crippen LogP) is 5.30. The zero-order valence-corrected chi connectivity index (χ0v) is 19.5. The number of ketones is 1. The summed E-state index contributed by atoms with van der Waals surface area (Å²) >= 11 is 0. The average Bonchev–Trinajstić information content (AvgIpc) is 2.83. The Labute approximate surface area is 198 Å². The second-order valence-corrected chi connectivity index (χ2v) is 8.90. The number of Topliss-reactive ketones (excluding diaryl/α,β-unsaturated/α-hetero) is 1. The second kappa shape index (κ2) is 9.63. The van der Waals surface area contributed by atoms with Gasteiger partial charge in [-0.05, 0) is 43.7 Å². The van der Waals surface area contributed by atoms with Gasteiger partial charge in [-0.25, -0.2) is 4.79 Å². The van der Waals surface area contributed by atoms with Gasteiger partial charge in [-0.3, -0.25) is 14.9 Å². The van der Waals surface area contributed by atoms with Crippen molar-refractivity contribution >= 4 is 17.4 Å². The Balaban J connectivity index is 1.79. The first-order chi connectivity index (χ1) is 16.3. The lowest BCUT2D eigenvalue weighted by Gasteiger charge is -2.37. The van der Waals surface area contributed by atoms with Gasteiger partial charge in [0.15, 0.2) is 5.78 Å². The van der Waals surface area contributed by atoms with Crippen LogP contribution >= 0.6 is 0 Å². The number of nitro benzene ring substituents is 1. The molecule has 7 nitrogen and oxygen atoms in total. The van der Waals surface area contributed by atoms with Crippen LogP contribution in [0.1, 0.15) is 63.0 Å². The van der Waals surface area contributed by atoms with Gasteiger partial charge in [-0.2, -0.15) is 0 Å². The average molecular weight is 461 g/mol. The fourth-order valence-electron chi connectivity index (χ4n) is 4.72. The Morgan fingerprint density at radius 3 is 2.41 bits per heavy atom. The van der Waals surface area contributed by atoms with Crippen molar-refractivity contribution in [2.45, 2.75) is 58.0 Å². The second-order valence-electron chi connectivity index (χ2n) is 8.90. The Morgan fingerprint density at radius 2 is 1.79 bits per heavy atom. The molecule has 0 saturated carbocycles. The summed E-state index contributed by atoms with van der Waals surface area (Å²) in [7, 11) is 0. The molecule has 0 spiro atoms. The fraction of sp³-hybridized carbons (Fsp3) is 0.333. The number of esters is 1. The molecule has 2 aliphatic rings. The van der Waals surface area contributed by atoms with E-state index < -0.39 is 16.8 Å². The summed E-state index contributed by atoms with van der Waals surface area (Å²) in [5.41, 5.74) is 4.06. The highest BCUT2D eigenvalue weighted by Gasteiger charge is 2.41. The zero-order valence-electron chi connectivity index (χ0n) is 19.5. The maximum Gasteiger partial charge on any atom is 0.337 e. The highest BCUT2D eigenvalue weighted by atomic mass is 16.6. The Kier molecular flexibility index (Phi) is 6.63. The van der Waals surface area contributed by atoms with Gasteiger partial charge < -0.3 is 10.1 Å². The van der Waals surface area contributed by atoms with E-state index >= 15 is 0 Å². The number of rotatable bonds is 6. The molecule has 0 saturated heterocycles. The lowest BCUT2D eigenvalue weighted by atomic mass is 9.71. The summed E-state index contributed by atoms with van der Waals surface area (Å²) in [6.45, 7) is 5.57. The van der Waals surface area contributed by atoms with E-state index in [1.165, 1.54) is 12.1 Å². The van der Waals surface area contributed by atoms with Crippen molar-refractivity contribution in [1.82, 2.24) is 5.32 Å². The first-order valence-electron chi connectivity index (χ1n) is 11.5. The zero-order chi connectivity index (χ0) is 24.4. The van der Waals surface area contributed by atoms with Crippen molar-refractivity contribution in [3.05, 3.63) is 98.4 Å². The SMILES string of the molecule is CC[C@@H](C)OC(=O)C1=C(C)NC2=C(C(=O)C[C@H](c3ccccc3)C2)[C@@H]1c1ccc([N+](=O)[O-])cc1. The normalized spacial score (nSPS) is 21.0. The Morgan fingerprint density at radius 1 is 1.12 bits per heavy atom. The molecule has 2 aromatic carbocycles. The Bertz CT molecular complexity index is 1180. The molecule has 0 unspecified atom stereocenters. The van der Waals surface area contributed by atoms with Crippen LogP contribution in [0, 0.1) is 10.1 Å². The molecule has 4 rings (SSSR count). The molecule has 0 bridgehead atoms. The standard InChI is InChI=1S/C27H28N2O5/c1-4-16(2)34-27(31)24-17(3)28-22-14-20(18-8-6-5-7-9-18)15-23(30)26(22)25(24)19-10-12-21(13-11-19)29(32)33/h5-13,16,20,25,28H,4,14-15H2,1-3H3/t16-,20-,25-/m1/s1. The highest BCUT2D eigenvalue weighted by Crippen LogP contribution is 2.46. The maximum absolute atomic E-state index is 13.5. The minimum atomic E-state index is -0.641. The summed E-state index contributed by atoms with van der Waals surface area (Å²) in [6, 6.07) is 16.0. The van der Waals surface area contributed by atoms with Crippen molar-refractivity contribution in [2.24, 2.45) is 0 Å². The number of carbonyl (C=O) groups is 2. The minimum absolute atomic E-state index is 0.0349. The summed E-state index contributed by atoms with van der Waals surface area (Å²) in [5.74, 6) is -1.11. The number of hydrogen-bond donors (Lipinski definition) is 1. The van der Waals surface area contributed by atoms with Crippen molar-refractivity contribution < 1.29 is 19.2 Å². The lowest BCUT2D eigenvalue weighted by Crippen LogP contribution is -2.36. The molecule has 1 aliphatic heterocycles. The van der Waals surface area contributed by atoms with Gasteiger partial charge in [0.2, 0.25) is 0 Å². The van der Waals surface area contributed by atoms with Crippen LogP contribution in [0.15, 0.2) is 77.1 Å². The summed E-state index contributed by atoms with van der Waals surface area (Å²) < 4.78 is 5.65. The van der Waals surface area contributed by atoms with E-state index in [-0.39, 0.29) is 23.5 Å². The minimum Gasteiger partial charge on any atom is -0.459 e. The number of nitrogens with zero attached hydrogens (tertiary/aromatic N) is 1. The van der Waals surface area contributed by atoms with Crippen LogP contribution in [0.25, 0.3) is 0 Å². The summed E-state index contributed by atoms with van der Waals surface area (Å²) in [6.07, 6.45) is 1.37. The number of ether oxygens (including phenoxy) is 1. The molecule has 3 atom stereocenters. The molecule has 0 aromatic heterocycles. The van der Waals surface area contributed by atoms with E-state index in [4.69, 9.17) is 4.74 Å². The van der Waals surface area contributed by atoms with Crippen LogP contribution in [0.4, 0.5) is 5.69 Å². The topological polar surface area (TPSA) is 98.5 Å². The fourth-order valence-corrected chi connectivity index (χ4v) is 4.72. The third-order valence-electron chi connectivity index (χ3n) is 6.64. The number of benzene rings is 2. The van der Waals surface area contributed by atoms with E-state index in [0.29, 0.717) is 41.7 Å². The van der Waals surface area contributed by atoms with Gasteiger partial charge in [-0.15, -0.1) is 0 Å². The number of nitro groups is 1. The number of carbonyl (C=O) groups excluding carboxylic acids is 2. The number of dihydropyridines is 1. The van der Waals surface area contributed by atoms with Crippen LogP contribution in [0.3, 0.4) is 0 Å². The molecule has 7 heteroatoms. The van der Waals surface area contributed by atoms with Crippen molar-refractivity contribution in [2.75, 3.05) is 0 Å². The third-order valence-corrected chi connectivity index (χ3v) is 6.64. The van der Waals surface area contributed by atoms with E-state index in [0.717, 1.165) is 11.3 Å². The van der Waals surface area contributed by atoms with Gasteiger partial charge >= 0.3 is 5.97 Å². The molecule has 1 aliphatic carbocycles. The molecule has 2 aromatic rings. The van der Waals surface area contributed by atoms with E-state index in [9.17, 15) is 19.7 Å². The maximum atomic E-state index is 13.5. The summed E-state index contributed by atoms with van der Waals surface area (Å²) in [4.78, 5) is 37.5. The highest BCUT2D eigenvalue weighted by molar-refractivity contribution is 6.04. The van der Waals surface area contributed by atoms with E-state index in [2.05, 4.69) is 5.32 Å². The molecule has 1 heterocycles. The van der Waals surface area contributed by atoms with E-state index in [1.807, 2.05) is 51.1 Å². The first-order valence-corrected chi connectivity index (χ1v) is 11.5. The van der Waals surface area contributed by atoms with Crippen molar-refractivity contribution in [3.63, 3.8) is 0 Å². The van der Waals surface area contributed by atoms with Gasteiger partial charge in [0.25, 0.3) is 5.69 Å². The van der Waals surface area contributed by atoms with Crippen LogP contribution < -0.4 is 5.32 Å². The molecule has 0 fully saturated rings. The number of nitrogens with one attached hydrogen (secondary N) is 1. The smallest absolute Gasteiger partial charge is 0.337 e. The number of non-ortho nitro benzene ring substituents is 1. The van der Waals surface area contributed by atoms with Gasteiger partial charge in [0.05, 0.1) is 16.6 Å². The van der Waals surface area contributed by atoms with Gasteiger partial charge in [0, 0.05) is 41.4 Å². The van der Waals surface area contributed by atoms with Gasteiger partial charge in [0.1, 0.15) is 0 Å². The van der Waals surface area contributed by atoms with E-state index in [1.54, 1.807) is 12.1 Å². The molecule has 0 amide bonds. The first kappa shape index (κ1) is 23.4. The molecule has 0 radical (unpaired) electrons. The Hall–Kier alpha value is -3.74. The van der Waals surface area contributed by atoms with Crippen LogP contribution in [0.5, 0.6) is 0 Å². The van der Waals surface area contributed by atoms with Crippen molar-refractivity contribution in [1.29, 1.82) is 0 Å². The van der Waals surface area contributed by atoms with Crippen LogP contribution in [-0.4, -0.2) is 22.8 Å². The quantitative estimate of drug-likeness (QED) is 0.357. The molecule has 1 N–H and O–H groups in total. The van der Waals surface area contributed by atoms with Crippen LogP contribution in [-0.2, 0) is 14.3 Å². The predicted molar refractivity (Wildman–Crippen MR) is 128 cm³/mol. The molecular formula is C27H28N2O5. The molecule has 34 heavy (non-hydrogen) atoms. The van der Waals surface area contributed by atoms with Crippen LogP contribution in [0.2, 0.25) is 0 Å². The molecular weight excluding hydrogens is 432 g/mol. The monoisotopic (exact) mass is 460 g/mol. The third kappa shape index (κ3) is 4.51. The number of allylic oxidation sites excluding steroid dienone is 3. The van der Waals surface area contributed by atoms with Crippen molar-refractivity contribution in [3.8, 4) is 0 Å². The number of hydrogen-bond acceptors (Lipinski definition) is 6.